The van der Waals surface area contributed by atoms with Crippen LogP contribution in [0.25, 0.3) is 24.0 Å². The van der Waals surface area contributed by atoms with Gasteiger partial charge in [-0.05, 0) is 48.9 Å². The molecule has 0 amide bonds. The van der Waals surface area contributed by atoms with Gasteiger partial charge in [-0.15, -0.1) is 11.3 Å². The molecule has 0 spiro atoms. The predicted octanol–water partition coefficient (Wildman–Crippen LogP) is 4.42. The molecule has 0 saturated heterocycles. The molecule has 140 valence electrons. The maximum atomic E-state index is 12.8. The van der Waals surface area contributed by atoms with Crippen molar-refractivity contribution in [2.75, 3.05) is 0 Å². The number of nitrogens with zero attached hydrogens (tertiary/aromatic N) is 1. The van der Waals surface area contributed by atoms with E-state index in [4.69, 9.17) is 16.0 Å². The number of thiazole rings is 1. The van der Waals surface area contributed by atoms with E-state index in [9.17, 15) is 4.79 Å². The summed E-state index contributed by atoms with van der Waals surface area (Å²) in [7, 11) is 0. The Morgan fingerprint density at radius 3 is 2.50 bits per heavy atom. The molecule has 5 heteroatoms. The average Bonchev–Trinajstić information content (AvgIpc) is 3.24. The zero-order valence-electron chi connectivity index (χ0n) is 15.3. The van der Waals surface area contributed by atoms with Gasteiger partial charge in [0.05, 0.1) is 15.7 Å². The molecule has 0 aliphatic carbocycles. The third-order valence-corrected chi connectivity index (χ3v) is 5.70. The van der Waals surface area contributed by atoms with Crippen molar-refractivity contribution < 1.29 is 4.42 Å². The molecule has 0 N–H and O–H groups in total. The highest BCUT2D eigenvalue weighted by molar-refractivity contribution is 7.07. The van der Waals surface area contributed by atoms with Crippen molar-refractivity contribution in [1.29, 1.82) is 0 Å². The summed E-state index contributed by atoms with van der Waals surface area (Å²) in [6.07, 6.45) is 1.77. The van der Waals surface area contributed by atoms with Gasteiger partial charge in [-0.3, -0.25) is 9.36 Å². The van der Waals surface area contributed by atoms with Crippen molar-refractivity contribution in [2.24, 2.45) is 0 Å². The van der Waals surface area contributed by atoms with Crippen molar-refractivity contribution in [3.05, 3.63) is 102 Å². The molecule has 0 bridgehead atoms. The molecule has 28 heavy (non-hydrogen) atoms. The van der Waals surface area contributed by atoms with E-state index in [2.05, 4.69) is 6.58 Å². The lowest BCUT2D eigenvalue weighted by molar-refractivity contribution is 0.571. The molecular formula is C23H18ClNO2S. The van der Waals surface area contributed by atoms with Crippen LogP contribution in [0.3, 0.4) is 0 Å². The van der Waals surface area contributed by atoms with Crippen LogP contribution in [0.5, 0.6) is 0 Å². The molecule has 2 heterocycles. The lowest BCUT2D eigenvalue weighted by Crippen LogP contribution is -2.31. The molecule has 0 radical (unpaired) electrons. The SMILES string of the molecule is C=c1s/c(=C\c2ccc(-c3ccc(Cl)cc3)o2)c(=O)n1Cc1ccc(C)cc1. The van der Waals surface area contributed by atoms with Gasteiger partial charge in [0.25, 0.3) is 5.56 Å². The number of aromatic nitrogens is 1. The van der Waals surface area contributed by atoms with Gasteiger partial charge in [0.2, 0.25) is 0 Å². The van der Waals surface area contributed by atoms with Crippen LogP contribution in [-0.4, -0.2) is 4.57 Å². The predicted molar refractivity (Wildman–Crippen MR) is 116 cm³/mol. The second-order valence-electron chi connectivity index (χ2n) is 6.59. The summed E-state index contributed by atoms with van der Waals surface area (Å²) in [5.74, 6) is 1.36. The molecule has 0 aliphatic rings. The van der Waals surface area contributed by atoms with Gasteiger partial charge in [0.15, 0.2) is 0 Å². The first-order valence-electron chi connectivity index (χ1n) is 8.81. The number of hydrogen-bond acceptors (Lipinski definition) is 3. The first kappa shape index (κ1) is 18.5. The second-order valence-corrected chi connectivity index (χ2v) is 8.14. The molecule has 0 aliphatic heterocycles. The second kappa shape index (κ2) is 7.66. The lowest BCUT2D eigenvalue weighted by atomic mass is 10.1. The minimum Gasteiger partial charge on any atom is -0.457 e. The van der Waals surface area contributed by atoms with Gasteiger partial charge in [0.1, 0.15) is 11.5 Å². The molecule has 0 unspecified atom stereocenters. The fourth-order valence-electron chi connectivity index (χ4n) is 2.93. The molecule has 4 aromatic rings. The monoisotopic (exact) mass is 407 g/mol. The quantitative estimate of drug-likeness (QED) is 0.502. The van der Waals surface area contributed by atoms with Gasteiger partial charge >= 0.3 is 0 Å². The maximum Gasteiger partial charge on any atom is 0.269 e. The third-order valence-electron chi connectivity index (χ3n) is 4.47. The number of furan rings is 1. The van der Waals surface area contributed by atoms with E-state index >= 15 is 0 Å². The molecule has 0 fully saturated rings. The fourth-order valence-corrected chi connectivity index (χ4v) is 3.94. The largest absolute Gasteiger partial charge is 0.457 e. The first-order valence-corrected chi connectivity index (χ1v) is 10.0. The van der Waals surface area contributed by atoms with Crippen molar-refractivity contribution >= 4 is 35.6 Å². The summed E-state index contributed by atoms with van der Waals surface area (Å²) in [6, 6.07) is 19.3. The van der Waals surface area contributed by atoms with Crippen LogP contribution in [0.15, 0.2) is 69.9 Å². The van der Waals surface area contributed by atoms with Crippen molar-refractivity contribution in [2.45, 2.75) is 13.5 Å². The maximum absolute atomic E-state index is 12.8. The molecular weight excluding hydrogens is 390 g/mol. The number of aryl methyl sites for hydroxylation is 1. The highest BCUT2D eigenvalue weighted by atomic mass is 35.5. The Kier molecular flexibility index (Phi) is 5.07. The van der Waals surface area contributed by atoms with Crippen LogP contribution < -0.4 is 14.8 Å². The highest BCUT2D eigenvalue weighted by Gasteiger charge is 2.07. The van der Waals surface area contributed by atoms with Crippen molar-refractivity contribution in [1.82, 2.24) is 4.57 Å². The normalized spacial score (nSPS) is 11.9. The molecule has 0 atom stereocenters. The van der Waals surface area contributed by atoms with Crippen LogP contribution in [0.4, 0.5) is 0 Å². The summed E-state index contributed by atoms with van der Waals surface area (Å²) < 4.78 is 8.92. The highest BCUT2D eigenvalue weighted by Crippen LogP contribution is 2.24. The molecule has 2 aromatic heterocycles. The fraction of sp³-hybridized carbons (Fsp3) is 0.0870. The number of hydrogen-bond donors (Lipinski definition) is 0. The Balaban J connectivity index is 1.66. The lowest BCUT2D eigenvalue weighted by Gasteiger charge is -2.02. The molecule has 0 saturated carbocycles. The molecule has 3 nitrogen and oxygen atoms in total. The topological polar surface area (TPSA) is 35.1 Å². The summed E-state index contributed by atoms with van der Waals surface area (Å²) in [5.41, 5.74) is 3.15. The first-order chi connectivity index (χ1) is 13.5. The summed E-state index contributed by atoms with van der Waals surface area (Å²) in [6.45, 7) is 6.59. The van der Waals surface area contributed by atoms with E-state index in [-0.39, 0.29) is 5.56 Å². The van der Waals surface area contributed by atoms with Crippen LogP contribution >= 0.6 is 22.9 Å². The molecule has 4 rings (SSSR count). The van der Waals surface area contributed by atoms with E-state index in [0.29, 0.717) is 21.9 Å². The minimum absolute atomic E-state index is 0.0555. The standard InChI is InChI=1S/C23H18ClNO2S/c1-15-3-5-17(6-4-15)14-25-16(2)28-22(23(25)26)13-20-11-12-21(27-20)18-7-9-19(24)10-8-18/h3-13H,2,14H2,1H3/b22-13-. The summed E-state index contributed by atoms with van der Waals surface area (Å²) in [5, 5.41) is 0.679. The van der Waals surface area contributed by atoms with Gasteiger partial charge in [-0.2, -0.15) is 0 Å². The van der Waals surface area contributed by atoms with Gasteiger partial charge in [0, 0.05) is 16.7 Å². The van der Waals surface area contributed by atoms with Crippen LogP contribution in [0.1, 0.15) is 16.9 Å². The summed E-state index contributed by atoms with van der Waals surface area (Å²) in [4.78, 5) is 12.8. The Bertz CT molecular complexity index is 1280. The van der Waals surface area contributed by atoms with Crippen LogP contribution in [-0.2, 0) is 6.54 Å². The van der Waals surface area contributed by atoms with E-state index < -0.39 is 0 Å². The van der Waals surface area contributed by atoms with E-state index in [1.807, 2.05) is 67.6 Å². The average molecular weight is 408 g/mol. The third kappa shape index (κ3) is 3.88. The van der Waals surface area contributed by atoms with Gasteiger partial charge < -0.3 is 4.42 Å². The van der Waals surface area contributed by atoms with E-state index in [1.165, 1.54) is 16.9 Å². The van der Waals surface area contributed by atoms with E-state index in [0.717, 1.165) is 21.5 Å². The Morgan fingerprint density at radius 2 is 1.79 bits per heavy atom. The Labute approximate surface area is 171 Å². The summed E-state index contributed by atoms with van der Waals surface area (Å²) >= 11 is 7.31. The van der Waals surface area contributed by atoms with E-state index in [1.54, 1.807) is 10.6 Å². The minimum atomic E-state index is -0.0555. The number of rotatable bonds is 4. The van der Waals surface area contributed by atoms with Crippen LogP contribution in [0, 0.1) is 6.92 Å². The zero-order chi connectivity index (χ0) is 19.7. The van der Waals surface area contributed by atoms with Crippen LogP contribution in [0.2, 0.25) is 5.02 Å². The van der Waals surface area contributed by atoms with Gasteiger partial charge in [-0.25, -0.2) is 0 Å². The zero-order valence-corrected chi connectivity index (χ0v) is 16.9. The van der Waals surface area contributed by atoms with Gasteiger partial charge in [-0.1, -0.05) is 48.0 Å². The smallest absolute Gasteiger partial charge is 0.269 e. The molecule has 2 aromatic carbocycles. The van der Waals surface area contributed by atoms with Crippen molar-refractivity contribution in [3.63, 3.8) is 0 Å². The van der Waals surface area contributed by atoms with Crippen molar-refractivity contribution in [3.8, 4) is 11.3 Å². The number of benzene rings is 2. The Hall–Kier alpha value is -2.82. The number of halogens is 1. The Morgan fingerprint density at radius 1 is 1.07 bits per heavy atom.